The molecule has 0 aliphatic carbocycles. The van der Waals surface area contributed by atoms with Crippen molar-refractivity contribution in [3.8, 4) is 0 Å². The first kappa shape index (κ1) is 17.1. The number of rotatable bonds is 8. The Morgan fingerprint density at radius 3 is 2.00 bits per heavy atom. The maximum atomic E-state index is 13.3. The van der Waals surface area contributed by atoms with Gasteiger partial charge in [-0.05, 0) is 43.5 Å². The van der Waals surface area contributed by atoms with Gasteiger partial charge in [-0.1, -0.05) is 20.8 Å². The van der Waals surface area contributed by atoms with Crippen LogP contribution in [0, 0.1) is 11.6 Å². The minimum Gasteiger partial charge on any atom is -0.329 e. The van der Waals surface area contributed by atoms with Crippen LogP contribution >= 0.6 is 0 Å². The Morgan fingerprint density at radius 1 is 1.05 bits per heavy atom. The predicted octanol–water partition coefficient (Wildman–Crippen LogP) is 3.69. The molecule has 2 N–H and O–H groups in total. The Labute approximate surface area is 121 Å². The van der Waals surface area contributed by atoms with E-state index in [9.17, 15) is 8.78 Å². The summed E-state index contributed by atoms with van der Waals surface area (Å²) in [6.45, 7) is 8.29. The van der Waals surface area contributed by atoms with Crippen molar-refractivity contribution >= 4 is 0 Å². The molecule has 0 spiro atoms. The molecule has 0 fully saturated rings. The van der Waals surface area contributed by atoms with Gasteiger partial charge in [0.15, 0.2) is 0 Å². The summed E-state index contributed by atoms with van der Waals surface area (Å²) in [4.78, 5) is 2.27. The summed E-state index contributed by atoms with van der Waals surface area (Å²) in [5.41, 5.74) is 6.55. The molecular formula is C16H26F2N2. The van der Waals surface area contributed by atoms with Gasteiger partial charge in [0.2, 0.25) is 0 Å². The summed E-state index contributed by atoms with van der Waals surface area (Å²) in [5.74, 6) is -1.05. The van der Waals surface area contributed by atoms with Crippen LogP contribution in [0.2, 0.25) is 0 Å². The van der Waals surface area contributed by atoms with Crippen molar-refractivity contribution < 1.29 is 8.78 Å². The molecule has 0 heterocycles. The summed E-state index contributed by atoms with van der Waals surface area (Å²) in [5, 5.41) is 0. The lowest BCUT2D eigenvalue weighted by molar-refractivity contribution is 0.0764. The van der Waals surface area contributed by atoms with E-state index < -0.39 is 11.6 Å². The van der Waals surface area contributed by atoms with Gasteiger partial charge in [0.05, 0.1) is 0 Å². The van der Waals surface area contributed by atoms with Crippen LogP contribution in [-0.4, -0.2) is 23.5 Å². The molecule has 4 heteroatoms. The van der Waals surface area contributed by atoms with E-state index in [0.29, 0.717) is 18.7 Å². The van der Waals surface area contributed by atoms with E-state index in [2.05, 4.69) is 25.7 Å². The molecule has 0 bridgehead atoms. The molecule has 20 heavy (non-hydrogen) atoms. The van der Waals surface area contributed by atoms with Crippen LogP contribution in [0.25, 0.3) is 0 Å². The molecule has 0 aliphatic heterocycles. The van der Waals surface area contributed by atoms with Gasteiger partial charge in [0.1, 0.15) is 11.6 Å². The molecule has 1 aromatic rings. The van der Waals surface area contributed by atoms with Gasteiger partial charge in [-0.15, -0.1) is 0 Å². The fraction of sp³-hybridized carbons (Fsp3) is 0.625. The maximum Gasteiger partial charge on any atom is 0.126 e. The second-order valence-electron chi connectivity index (χ2n) is 5.33. The molecule has 0 amide bonds. The Kier molecular flexibility index (Phi) is 6.56. The summed E-state index contributed by atoms with van der Waals surface area (Å²) in [6.07, 6.45) is 2.84. The lowest BCUT2D eigenvalue weighted by Crippen LogP contribution is -2.53. The van der Waals surface area contributed by atoms with Crippen molar-refractivity contribution in [3.63, 3.8) is 0 Å². The van der Waals surface area contributed by atoms with Crippen LogP contribution in [0.5, 0.6) is 0 Å². The summed E-state index contributed by atoms with van der Waals surface area (Å²) >= 11 is 0. The topological polar surface area (TPSA) is 29.3 Å². The fourth-order valence-electron chi connectivity index (χ4n) is 2.79. The highest BCUT2D eigenvalue weighted by atomic mass is 19.1. The van der Waals surface area contributed by atoms with E-state index in [1.54, 1.807) is 0 Å². The minimum atomic E-state index is -0.525. The molecule has 0 aromatic heterocycles. The van der Waals surface area contributed by atoms with Crippen molar-refractivity contribution in [1.29, 1.82) is 0 Å². The van der Waals surface area contributed by atoms with Crippen molar-refractivity contribution in [3.05, 3.63) is 35.4 Å². The van der Waals surface area contributed by atoms with Crippen LogP contribution in [0.1, 0.15) is 45.6 Å². The SMILES string of the molecule is CCCN(Cc1cc(F)cc(F)c1)C(CC)(CC)CN. The molecule has 0 atom stereocenters. The first-order valence-electron chi connectivity index (χ1n) is 7.41. The Morgan fingerprint density at radius 2 is 1.60 bits per heavy atom. The third-order valence-electron chi connectivity index (χ3n) is 4.16. The van der Waals surface area contributed by atoms with Crippen molar-refractivity contribution in [1.82, 2.24) is 4.90 Å². The van der Waals surface area contributed by atoms with E-state index in [0.717, 1.165) is 31.9 Å². The van der Waals surface area contributed by atoms with Crippen LogP contribution in [-0.2, 0) is 6.54 Å². The van der Waals surface area contributed by atoms with E-state index in [-0.39, 0.29) is 5.54 Å². The molecule has 0 saturated carbocycles. The van der Waals surface area contributed by atoms with E-state index >= 15 is 0 Å². The normalized spacial score (nSPS) is 12.2. The van der Waals surface area contributed by atoms with Crippen LogP contribution < -0.4 is 5.73 Å². The number of hydrogen-bond acceptors (Lipinski definition) is 2. The summed E-state index contributed by atoms with van der Waals surface area (Å²) in [6, 6.07) is 3.71. The van der Waals surface area contributed by atoms with Gasteiger partial charge in [0.25, 0.3) is 0 Å². The smallest absolute Gasteiger partial charge is 0.126 e. The van der Waals surface area contributed by atoms with Crippen LogP contribution in [0.3, 0.4) is 0 Å². The molecule has 114 valence electrons. The summed E-state index contributed by atoms with van der Waals surface area (Å²) in [7, 11) is 0. The molecule has 1 rings (SSSR count). The number of nitrogens with zero attached hydrogens (tertiary/aromatic N) is 1. The predicted molar refractivity (Wildman–Crippen MR) is 79.4 cm³/mol. The molecule has 2 nitrogen and oxygen atoms in total. The highest BCUT2D eigenvalue weighted by molar-refractivity contribution is 5.18. The van der Waals surface area contributed by atoms with Gasteiger partial charge < -0.3 is 5.73 Å². The quantitative estimate of drug-likeness (QED) is 0.789. The van der Waals surface area contributed by atoms with E-state index in [1.807, 2.05) is 0 Å². The monoisotopic (exact) mass is 284 g/mol. The van der Waals surface area contributed by atoms with Crippen LogP contribution in [0.4, 0.5) is 8.78 Å². The standard InChI is InChI=1S/C16H26F2N2/c1-4-7-20(16(5-2,6-3)12-19)11-13-8-14(17)10-15(18)9-13/h8-10H,4-7,11-12,19H2,1-3H3. The largest absolute Gasteiger partial charge is 0.329 e. The van der Waals surface area contributed by atoms with Crippen molar-refractivity contribution in [2.75, 3.05) is 13.1 Å². The first-order valence-corrected chi connectivity index (χ1v) is 7.41. The number of benzene rings is 1. The van der Waals surface area contributed by atoms with Gasteiger partial charge in [0, 0.05) is 24.7 Å². The fourth-order valence-corrected chi connectivity index (χ4v) is 2.79. The average molecular weight is 284 g/mol. The lowest BCUT2D eigenvalue weighted by Gasteiger charge is -2.42. The minimum absolute atomic E-state index is 0.0984. The number of hydrogen-bond donors (Lipinski definition) is 1. The Balaban J connectivity index is 3.01. The molecule has 0 aliphatic rings. The zero-order chi connectivity index (χ0) is 15.2. The molecule has 0 unspecified atom stereocenters. The van der Waals surface area contributed by atoms with Gasteiger partial charge in [-0.25, -0.2) is 8.78 Å². The highest BCUT2D eigenvalue weighted by Crippen LogP contribution is 2.26. The molecule has 1 aromatic carbocycles. The van der Waals surface area contributed by atoms with Crippen LogP contribution in [0.15, 0.2) is 18.2 Å². The first-order chi connectivity index (χ1) is 9.51. The third kappa shape index (κ3) is 4.00. The summed E-state index contributed by atoms with van der Waals surface area (Å²) < 4.78 is 26.6. The Bertz CT molecular complexity index is 388. The van der Waals surface area contributed by atoms with Crippen molar-refractivity contribution in [2.24, 2.45) is 5.73 Å². The Hall–Kier alpha value is -1.00. The maximum absolute atomic E-state index is 13.3. The van der Waals surface area contributed by atoms with Crippen molar-refractivity contribution in [2.45, 2.75) is 52.1 Å². The zero-order valence-electron chi connectivity index (χ0n) is 12.8. The van der Waals surface area contributed by atoms with E-state index in [4.69, 9.17) is 5.73 Å². The second kappa shape index (κ2) is 7.70. The number of nitrogens with two attached hydrogens (primary N) is 1. The third-order valence-corrected chi connectivity index (χ3v) is 4.16. The highest BCUT2D eigenvalue weighted by Gasteiger charge is 2.31. The second-order valence-corrected chi connectivity index (χ2v) is 5.33. The zero-order valence-corrected chi connectivity index (χ0v) is 12.8. The molecular weight excluding hydrogens is 258 g/mol. The average Bonchev–Trinajstić information content (AvgIpc) is 2.40. The van der Waals surface area contributed by atoms with Gasteiger partial charge >= 0.3 is 0 Å². The number of halogens is 2. The lowest BCUT2D eigenvalue weighted by atomic mass is 9.89. The molecule has 0 radical (unpaired) electrons. The molecule has 0 saturated heterocycles. The van der Waals surface area contributed by atoms with Gasteiger partial charge in [-0.3, -0.25) is 4.90 Å². The van der Waals surface area contributed by atoms with E-state index in [1.165, 1.54) is 12.1 Å². The van der Waals surface area contributed by atoms with Gasteiger partial charge in [-0.2, -0.15) is 0 Å².